The van der Waals surface area contributed by atoms with Gasteiger partial charge in [0.15, 0.2) is 0 Å². The minimum absolute atomic E-state index is 0.0698. The summed E-state index contributed by atoms with van der Waals surface area (Å²) in [5, 5.41) is 8.85. The third-order valence-corrected chi connectivity index (χ3v) is 3.17. The van der Waals surface area contributed by atoms with E-state index in [0.717, 1.165) is 35.3 Å². The lowest BCUT2D eigenvalue weighted by Gasteiger charge is -2.14. The Kier molecular flexibility index (Phi) is 7.00. The average Bonchev–Trinajstić information content (AvgIpc) is 2.41. The van der Waals surface area contributed by atoms with Crippen molar-refractivity contribution >= 4 is 11.5 Å². The van der Waals surface area contributed by atoms with Gasteiger partial charge in [0, 0.05) is 0 Å². The fourth-order valence-electron chi connectivity index (χ4n) is 2.18. The lowest BCUT2D eigenvalue weighted by Crippen LogP contribution is -2.04. The molecule has 0 radical (unpaired) electrons. The molecule has 1 aromatic carbocycles. The van der Waals surface area contributed by atoms with E-state index in [2.05, 4.69) is 20.8 Å². The highest BCUT2D eigenvalue weighted by atomic mass is 16.5. The highest BCUT2D eigenvalue weighted by Crippen LogP contribution is 2.27. The first-order chi connectivity index (χ1) is 9.93. The molecule has 0 fully saturated rings. The summed E-state index contributed by atoms with van der Waals surface area (Å²) in [5.41, 5.74) is 3.35. The van der Waals surface area contributed by atoms with Crippen LogP contribution < -0.4 is 4.74 Å². The first-order valence-electron chi connectivity index (χ1n) is 7.58. The quantitative estimate of drug-likeness (QED) is 0.755. The smallest absolute Gasteiger partial charge is 0.307 e. The molecule has 0 aliphatic rings. The minimum Gasteiger partial charge on any atom is -0.493 e. The summed E-state index contributed by atoms with van der Waals surface area (Å²) in [6.45, 7) is 9.09. The summed E-state index contributed by atoms with van der Waals surface area (Å²) in [5.74, 6) is 0.577. The molecule has 0 spiro atoms. The highest BCUT2D eigenvalue weighted by molar-refractivity contribution is 5.75. The Morgan fingerprint density at radius 3 is 2.62 bits per heavy atom. The Balaban J connectivity index is 2.94. The van der Waals surface area contributed by atoms with Crippen LogP contribution in [0.2, 0.25) is 0 Å². The predicted octanol–water partition coefficient (Wildman–Crippen LogP) is 4.69. The Morgan fingerprint density at radius 2 is 2.10 bits per heavy atom. The molecule has 1 aromatic rings. The predicted molar refractivity (Wildman–Crippen MR) is 86.6 cm³/mol. The fourth-order valence-corrected chi connectivity index (χ4v) is 2.18. The molecule has 0 heterocycles. The molecule has 3 heteroatoms. The van der Waals surface area contributed by atoms with Gasteiger partial charge < -0.3 is 9.84 Å². The van der Waals surface area contributed by atoms with Crippen LogP contribution in [0.5, 0.6) is 5.75 Å². The van der Waals surface area contributed by atoms with Gasteiger partial charge in [-0.2, -0.15) is 0 Å². The van der Waals surface area contributed by atoms with E-state index >= 15 is 0 Å². The second-order valence-electron chi connectivity index (χ2n) is 5.76. The number of ether oxygens (including phenoxy) is 1. The zero-order chi connectivity index (χ0) is 15.8. The van der Waals surface area contributed by atoms with Crippen molar-refractivity contribution in [2.45, 2.75) is 47.0 Å². The molecule has 0 atom stereocenters. The van der Waals surface area contributed by atoms with Gasteiger partial charge in [0.2, 0.25) is 0 Å². The van der Waals surface area contributed by atoms with Gasteiger partial charge >= 0.3 is 5.97 Å². The molecule has 0 unspecified atom stereocenters. The minimum atomic E-state index is -0.793. The number of hydrogen-bond acceptors (Lipinski definition) is 2. The highest BCUT2D eigenvalue weighted by Gasteiger charge is 2.07. The van der Waals surface area contributed by atoms with E-state index in [1.54, 1.807) is 0 Å². The van der Waals surface area contributed by atoms with Crippen LogP contribution in [0.1, 0.15) is 51.2 Å². The van der Waals surface area contributed by atoms with Crippen molar-refractivity contribution in [2.24, 2.45) is 5.92 Å². The van der Waals surface area contributed by atoms with Crippen LogP contribution in [0.4, 0.5) is 0 Å². The van der Waals surface area contributed by atoms with Crippen molar-refractivity contribution in [3.05, 3.63) is 35.4 Å². The number of aliphatic carboxylic acids is 1. The Morgan fingerprint density at radius 1 is 1.38 bits per heavy atom. The van der Waals surface area contributed by atoms with Crippen LogP contribution in [-0.4, -0.2) is 17.7 Å². The van der Waals surface area contributed by atoms with E-state index in [1.165, 1.54) is 0 Å². The van der Waals surface area contributed by atoms with E-state index in [1.807, 2.05) is 31.2 Å². The van der Waals surface area contributed by atoms with Crippen LogP contribution in [0, 0.1) is 12.8 Å². The van der Waals surface area contributed by atoms with Gasteiger partial charge in [-0.25, -0.2) is 0 Å². The van der Waals surface area contributed by atoms with Crippen LogP contribution in [0.25, 0.3) is 5.57 Å². The van der Waals surface area contributed by atoms with Crippen LogP contribution in [0.15, 0.2) is 24.3 Å². The maximum atomic E-state index is 10.8. The van der Waals surface area contributed by atoms with Crippen LogP contribution in [0.3, 0.4) is 0 Å². The second kappa shape index (κ2) is 8.50. The van der Waals surface area contributed by atoms with E-state index in [-0.39, 0.29) is 6.42 Å². The molecule has 1 N–H and O–H groups in total. The zero-order valence-electron chi connectivity index (χ0n) is 13.5. The van der Waals surface area contributed by atoms with Crippen molar-refractivity contribution in [1.82, 2.24) is 0 Å². The lowest BCUT2D eigenvalue weighted by molar-refractivity contribution is -0.135. The normalized spacial score (nSPS) is 11.8. The van der Waals surface area contributed by atoms with Gasteiger partial charge in [0.05, 0.1) is 13.0 Å². The number of hydrogen-bond donors (Lipinski definition) is 1. The molecule has 1 rings (SSSR count). The lowest BCUT2D eigenvalue weighted by atomic mass is 9.96. The molecule has 0 aromatic heterocycles. The summed E-state index contributed by atoms with van der Waals surface area (Å²) in [6.07, 6.45) is 3.78. The molecule has 0 aliphatic heterocycles. The van der Waals surface area contributed by atoms with Crippen molar-refractivity contribution in [3.8, 4) is 5.75 Å². The van der Waals surface area contributed by atoms with Crippen molar-refractivity contribution in [1.29, 1.82) is 0 Å². The molecule has 0 saturated heterocycles. The molecule has 0 amide bonds. The number of carbonyl (C=O) groups is 1. The van der Waals surface area contributed by atoms with Crippen molar-refractivity contribution in [3.63, 3.8) is 0 Å². The van der Waals surface area contributed by atoms with E-state index in [9.17, 15) is 4.79 Å². The van der Waals surface area contributed by atoms with E-state index in [4.69, 9.17) is 9.84 Å². The number of aryl methyl sites for hydroxylation is 1. The first kappa shape index (κ1) is 17.3. The summed E-state index contributed by atoms with van der Waals surface area (Å²) in [6, 6.07) is 6.03. The molecule has 0 aliphatic carbocycles. The third-order valence-electron chi connectivity index (χ3n) is 3.17. The molecule has 0 bridgehead atoms. The summed E-state index contributed by atoms with van der Waals surface area (Å²) < 4.78 is 5.73. The topological polar surface area (TPSA) is 46.5 Å². The third kappa shape index (κ3) is 6.03. The van der Waals surface area contributed by atoms with Crippen LogP contribution in [-0.2, 0) is 4.79 Å². The van der Waals surface area contributed by atoms with Gasteiger partial charge in [-0.15, -0.1) is 0 Å². The zero-order valence-corrected chi connectivity index (χ0v) is 13.5. The standard InChI is InChI=1S/C18H26O3/c1-5-6-15(7-10-18(19)20)17-9-8-16(11-14(17)4)21-12-13(2)3/h7-9,11,13H,5-6,10,12H2,1-4H3,(H,19,20)/b15-7+. The number of benzene rings is 1. The SMILES string of the molecule is CCC/C(=C\CC(=O)O)c1ccc(OCC(C)C)cc1C. The van der Waals surface area contributed by atoms with Crippen molar-refractivity contribution < 1.29 is 14.6 Å². The molecule has 0 saturated carbocycles. The number of carboxylic acid groups (broad SMARTS) is 1. The molecule has 3 nitrogen and oxygen atoms in total. The van der Waals surface area contributed by atoms with Crippen molar-refractivity contribution in [2.75, 3.05) is 6.61 Å². The number of rotatable bonds is 8. The first-order valence-corrected chi connectivity index (χ1v) is 7.58. The average molecular weight is 290 g/mol. The molecule has 116 valence electrons. The molecular weight excluding hydrogens is 264 g/mol. The summed E-state index contributed by atoms with van der Waals surface area (Å²) >= 11 is 0. The molecule has 21 heavy (non-hydrogen) atoms. The summed E-state index contributed by atoms with van der Waals surface area (Å²) in [4.78, 5) is 10.8. The number of carboxylic acids is 1. The van der Waals surface area contributed by atoms with Gasteiger partial charge in [0.25, 0.3) is 0 Å². The van der Waals surface area contributed by atoms with Gasteiger partial charge in [0.1, 0.15) is 5.75 Å². The van der Waals surface area contributed by atoms with E-state index in [0.29, 0.717) is 12.5 Å². The molecular formula is C18H26O3. The Bertz CT molecular complexity index is 501. The van der Waals surface area contributed by atoms with E-state index < -0.39 is 5.97 Å². The van der Waals surface area contributed by atoms with Gasteiger partial charge in [-0.05, 0) is 48.1 Å². The number of allylic oxidation sites excluding steroid dienone is 1. The van der Waals surface area contributed by atoms with Crippen LogP contribution >= 0.6 is 0 Å². The monoisotopic (exact) mass is 290 g/mol. The fraction of sp³-hybridized carbons (Fsp3) is 0.500. The van der Waals surface area contributed by atoms with Gasteiger partial charge in [-0.1, -0.05) is 39.3 Å². The Labute approximate surface area is 127 Å². The Hall–Kier alpha value is -1.77. The summed E-state index contributed by atoms with van der Waals surface area (Å²) in [7, 11) is 0. The second-order valence-corrected chi connectivity index (χ2v) is 5.76. The largest absolute Gasteiger partial charge is 0.493 e. The maximum Gasteiger partial charge on any atom is 0.307 e. The maximum absolute atomic E-state index is 10.8. The van der Waals surface area contributed by atoms with Gasteiger partial charge in [-0.3, -0.25) is 4.79 Å².